The summed E-state index contributed by atoms with van der Waals surface area (Å²) in [7, 11) is 0. The molecule has 2 bridgehead atoms. The van der Waals surface area contributed by atoms with Crippen LogP contribution in [0.5, 0.6) is 0 Å². The summed E-state index contributed by atoms with van der Waals surface area (Å²) in [6.45, 7) is 11.6. The third-order valence-electron chi connectivity index (χ3n) is 8.09. The molecule has 1 aromatic rings. The summed E-state index contributed by atoms with van der Waals surface area (Å²) in [6, 6.07) is 5.18. The van der Waals surface area contributed by atoms with Gasteiger partial charge in [0.25, 0.3) is 5.91 Å². The first kappa shape index (κ1) is 30.8. The van der Waals surface area contributed by atoms with Crippen LogP contribution in [0, 0.1) is 17.8 Å². The fourth-order valence-electron chi connectivity index (χ4n) is 6.55. The van der Waals surface area contributed by atoms with Crippen molar-refractivity contribution < 1.29 is 29.0 Å². The first-order chi connectivity index (χ1) is 19.1. The van der Waals surface area contributed by atoms with Gasteiger partial charge in [0, 0.05) is 22.1 Å². The number of allylic oxidation sites excluding steroid dienone is 1. The van der Waals surface area contributed by atoms with Gasteiger partial charge < -0.3 is 24.4 Å². The molecule has 1 spiro atoms. The number of carbonyl (C=O) groups is 3. The van der Waals surface area contributed by atoms with Crippen LogP contribution in [0.4, 0.5) is 5.69 Å². The van der Waals surface area contributed by atoms with E-state index in [9.17, 15) is 19.5 Å². The first-order valence-corrected chi connectivity index (χ1v) is 15.1. The van der Waals surface area contributed by atoms with Crippen molar-refractivity contribution in [3.63, 3.8) is 0 Å². The lowest BCUT2D eigenvalue weighted by Gasteiger charge is -2.39. The molecular weight excluding hydrogens is 600 g/mol. The van der Waals surface area contributed by atoms with Crippen LogP contribution in [-0.4, -0.2) is 76.2 Å². The highest BCUT2D eigenvalue weighted by molar-refractivity contribution is 9.09. The number of halogens is 2. The van der Waals surface area contributed by atoms with Crippen LogP contribution in [0.15, 0.2) is 49.6 Å². The average molecular weight is 638 g/mol. The Hall–Kier alpha value is -2.20. The molecule has 4 rings (SSSR count). The van der Waals surface area contributed by atoms with Crippen LogP contribution < -0.4 is 4.90 Å². The summed E-state index contributed by atoms with van der Waals surface area (Å²) in [4.78, 5) is 45.1. The highest BCUT2D eigenvalue weighted by atomic mass is 79.9. The second-order valence-corrected chi connectivity index (χ2v) is 12.8. The molecule has 0 aromatic heterocycles. The van der Waals surface area contributed by atoms with Crippen LogP contribution in [0.1, 0.15) is 39.5 Å². The van der Waals surface area contributed by atoms with Gasteiger partial charge in [-0.3, -0.25) is 14.4 Å². The number of aliphatic hydroxyl groups is 1. The topological polar surface area (TPSA) is 96.4 Å². The molecular formula is C30H38BrClN2O6. The van der Waals surface area contributed by atoms with E-state index in [1.165, 1.54) is 4.90 Å². The van der Waals surface area contributed by atoms with Gasteiger partial charge in [0.2, 0.25) is 5.91 Å². The minimum Gasteiger partial charge on any atom is -0.465 e. The number of hydrogen-bond acceptors (Lipinski definition) is 6. The Bertz CT molecular complexity index is 1130. The first-order valence-electron chi connectivity index (χ1n) is 13.8. The molecule has 8 nitrogen and oxygen atoms in total. The molecule has 0 radical (unpaired) electrons. The van der Waals surface area contributed by atoms with Crippen LogP contribution in [0.3, 0.4) is 0 Å². The Balaban J connectivity index is 1.78. The maximum absolute atomic E-state index is 14.6. The highest BCUT2D eigenvalue weighted by Gasteiger charge is 2.77. The summed E-state index contributed by atoms with van der Waals surface area (Å²) in [6.07, 6.45) is 4.93. The maximum Gasteiger partial charge on any atom is 0.312 e. The molecule has 0 aliphatic carbocycles. The van der Waals surface area contributed by atoms with Gasteiger partial charge >= 0.3 is 5.97 Å². The summed E-state index contributed by atoms with van der Waals surface area (Å²) in [5.74, 6) is -2.84. The van der Waals surface area contributed by atoms with E-state index in [0.717, 1.165) is 0 Å². The van der Waals surface area contributed by atoms with Gasteiger partial charge in [0.15, 0.2) is 0 Å². The molecule has 40 heavy (non-hydrogen) atoms. The molecule has 1 N–H and O–H groups in total. The summed E-state index contributed by atoms with van der Waals surface area (Å²) < 4.78 is 12.2. The smallest absolute Gasteiger partial charge is 0.312 e. The molecule has 1 aromatic carbocycles. The Morgan fingerprint density at radius 3 is 2.60 bits per heavy atom. The third kappa shape index (κ3) is 5.50. The van der Waals surface area contributed by atoms with E-state index in [0.29, 0.717) is 36.4 Å². The lowest BCUT2D eigenvalue weighted by atomic mass is 9.70. The van der Waals surface area contributed by atoms with Gasteiger partial charge in [-0.05, 0) is 55.9 Å². The van der Waals surface area contributed by atoms with E-state index < -0.39 is 41.6 Å². The number of anilines is 1. The lowest BCUT2D eigenvalue weighted by molar-refractivity contribution is -0.155. The minimum atomic E-state index is -1.26. The summed E-state index contributed by atoms with van der Waals surface area (Å²) in [5, 5.41) is 11.0. The van der Waals surface area contributed by atoms with Gasteiger partial charge in [-0.15, -0.1) is 13.2 Å². The van der Waals surface area contributed by atoms with E-state index in [2.05, 4.69) is 29.1 Å². The number of rotatable bonds is 13. The quantitative estimate of drug-likeness (QED) is 0.148. The van der Waals surface area contributed by atoms with Crippen molar-refractivity contribution in [1.29, 1.82) is 0 Å². The Morgan fingerprint density at radius 1 is 1.30 bits per heavy atom. The van der Waals surface area contributed by atoms with Crippen molar-refractivity contribution in [3.8, 4) is 0 Å². The molecule has 3 unspecified atom stereocenters. The number of alkyl halides is 1. The number of nitrogens with zero attached hydrogens (tertiary/aromatic N) is 2. The number of likely N-dealkylation sites (tertiary alicyclic amines) is 1. The fraction of sp³-hybridized carbons (Fsp3) is 0.567. The molecule has 7 atom stereocenters. The number of ether oxygens (including phenoxy) is 2. The molecule has 0 saturated carbocycles. The number of hydrogen-bond donors (Lipinski definition) is 1. The molecule has 3 aliphatic rings. The largest absolute Gasteiger partial charge is 0.465 e. The summed E-state index contributed by atoms with van der Waals surface area (Å²) in [5.41, 5.74) is -0.666. The molecule has 10 heteroatoms. The third-order valence-corrected chi connectivity index (χ3v) is 9.19. The second kappa shape index (κ2) is 12.8. The second-order valence-electron chi connectivity index (χ2n) is 11.2. The molecule has 3 aliphatic heterocycles. The SMILES string of the molecule is C=CCCCOC(=O)[C@H]1[C@@H]2OC3(CC2Br)C(C(=O)N(CC=C)c2ccc(Cl)cc2)N([C@@H](CO)CC(C)C)C(=O)[C@H]13. The number of benzene rings is 1. The van der Waals surface area contributed by atoms with Crippen molar-refractivity contribution in [3.05, 3.63) is 54.6 Å². The summed E-state index contributed by atoms with van der Waals surface area (Å²) >= 11 is 9.79. The standard InChI is InChI=1S/C30H38BrClN2O6/c1-5-7-8-14-39-29(38)23-24-27(36)34(21(17-35)15-18(3)4)26(30(24)16-22(31)25(23)40-30)28(37)33(13-6-2)20-11-9-19(32)10-12-20/h5-6,9-12,18,21-26,35H,1-2,7-8,13-17H2,3-4H3/t21-,22?,23-,24+,25-,26?,30?/m1/s1. The minimum absolute atomic E-state index is 0.144. The van der Waals surface area contributed by atoms with Crippen molar-refractivity contribution in [2.75, 3.05) is 24.7 Å². The number of esters is 1. The van der Waals surface area contributed by atoms with E-state index in [4.69, 9.17) is 21.1 Å². The number of carbonyl (C=O) groups excluding carboxylic acids is 3. The predicted octanol–water partition coefficient (Wildman–Crippen LogP) is 4.52. The maximum atomic E-state index is 14.6. The fourth-order valence-corrected chi connectivity index (χ4v) is 7.62. The Morgan fingerprint density at radius 2 is 2.00 bits per heavy atom. The van der Waals surface area contributed by atoms with Crippen LogP contribution >= 0.6 is 27.5 Å². The zero-order valence-corrected chi connectivity index (χ0v) is 25.4. The van der Waals surface area contributed by atoms with Gasteiger partial charge in [-0.1, -0.05) is 53.5 Å². The van der Waals surface area contributed by atoms with Crippen LogP contribution in [0.2, 0.25) is 5.02 Å². The number of amides is 2. The van der Waals surface area contributed by atoms with Crippen molar-refractivity contribution in [1.82, 2.24) is 4.90 Å². The predicted molar refractivity (Wildman–Crippen MR) is 157 cm³/mol. The molecule has 2 amide bonds. The number of fused-ring (bicyclic) bond motifs is 1. The van der Waals surface area contributed by atoms with E-state index in [1.54, 1.807) is 41.3 Å². The van der Waals surface area contributed by atoms with Gasteiger partial charge in [-0.25, -0.2) is 0 Å². The van der Waals surface area contributed by atoms with Crippen LogP contribution in [0.25, 0.3) is 0 Å². The highest BCUT2D eigenvalue weighted by Crippen LogP contribution is 2.61. The van der Waals surface area contributed by atoms with E-state index in [-0.39, 0.29) is 42.3 Å². The van der Waals surface area contributed by atoms with Crippen LogP contribution in [-0.2, 0) is 23.9 Å². The molecule has 3 heterocycles. The zero-order valence-electron chi connectivity index (χ0n) is 23.0. The van der Waals surface area contributed by atoms with Crippen molar-refractivity contribution >= 4 is 51.0 Å². The average Bonchev–Trinajstić information content (AvgIpc) is 3.51. The van der Waals surface area contributed by atoms with Gasteiger partial charge in [0.1, 0.15) is 11.6 Å². The van der Waals surface area contributed by atoms with Crippen molar-refractivity contribution in [2.45, 2.75) is 68.1 Å². The zero-order chi connectivity index (χ0) is 29.2. The lowest BCUT2D eigenvalue weighted by Crippen LogP contribution is -2.59. The Kier molecular flexibility index (Phi) is 9.81. The number of unbranched alkanes of at least 4 members (excludes halogenated alkanes) is 1. The van der Waals surface area contributed by atoms with E-state index >= 15 is 0 Å². The molecule has 218 valence electrons. The van der Waals surface area contributed by atoms with Gasteiger partial charge in [0.05, 0.1) is 37.2 Å². The molecule has 3 saturated heterocycles. The van der Waals surface area contributed by atoms with Crippen molar-refractivity contribution in [2.24, 2.45) is 17.8 Å². The van der Waals surface area contributed by atoms with Gasteiger partial charge in [-0.2, -0.15) is 0 Å². The normalized spacial score (nSPS) is 29.4. The monoisotopic (exact) mass is 636 g/mol. The number of aliphatic hydroxyl groups excluding tert-OH is 1. The Labute approximate surface area is 249 Å². The molecule has 3 fully saturated rings. The van der Waals surface area contributed by atoms with E-state index in [1.807, 2.05) is 13.8 Å².